The molecule has 6 heteroatoms. The van der Waals surface area contributed by atoms with E-state index in [-0.39, 0.29) is 0 Å². The van der Waals surface area contributed by atoms with E-state index < -0.39 is 0 Å². The van der Waals surface area contributed by atoms with Crippen LogP contribution in [0.15, 0.2) is 42.9 Å². The number of thioether (sulfide) groups is 1. The van der Waals surface area contributed by atoms with E-state index in [1.807, 2.05) is 18.0 Å². The Hall–Kier alpha value is -2.05. The summed E-state index contributed by atoms with van der Waals surface area (Å²) in [5.41, 5.74) is 10.3. The minimum atomic E-state index is 0.521. The van der Waals surface area contributed by atoms with Gasteiger partial charge in [0.2, 0.25) is 0 Å². The Morgan fingerprint density at radius 1 is 1.24 bits per heavy atom. The summed E-state index contributed by atoms with van der Waals surface area (Å²) in [5, 5.41) is 0. The van der Waals surface area contributed by atoms with Gasteiger partial charge in [0.05, 0.1) is 5.52 Å². The fourth-order valence-corrected chi connectivity index (χ4v) is 4.64. The molecule has 25 heavy (non-hydrogen) atoms. The highest BCUT2D eigenvalue weighted by Gasteiger charge is 2.23. The molecule has 0 aliphatic carbocycles. The first kappa shape index (κ1) is 16.4. The largest absolute Gasteiger partial charge is 0.382 e. The predicted molar refractivity (Wildman–Crippen MR) is 104 cm³/mol. The lowest BCUT2D eigenvalue weighted by molar-refractivity contribution is 0.322. The van der Waals surface area contributed by atoms with Crippen molar-refractivity contribution in [2.24, 2.45) is 5.92 Å². The van der Waals surface area contributed by atoms with Crippen LogP contribution in [-0.4, -0.2) is 38.7 Å². The first-order chi connectivity index (χ1) is 12.3. The van der Waals surface area contributed by atoms with Crippen molar-refractivity contribution in [2.45, 2.75) is 18.7 Å². The number of hydrogen-bond donors (Lipinski definition) is 2. The number of nitrogen functional groups attached to an aromatic ring is 1. The molecule has 4 rings (SSSR count). The summed E-state index contributed by atoms with van der Waals surface area (Å²) in [6.45, 7) is 3.25. The summed E-state index contributed by atoms with van der Waals surface area (Å²) >= 11 is 2.05. The second kappa shape index (κ2) is 7.45. The van der Waals surface area contributed by atoms with Gasteiger partial charge in [-0.15, -0.1) is 0 Å². The van der Waals surface area contributed by atoms with Gasteiger partial charge < -0.3 is 10.7 Å². The van der Waals surface area contributed by atoms with Crippen LogP contribution in [0.4, 0.5) is 5.82 Å². The Labute approximate surface area is 152 Å². The molecule has 0 spiro atoms. The van der Waals surface area contributed by atoms with Crippen LogP contribution in [0.2, 0.25) is 0 Å². The molecule has 1 aromatic carbocycles. The van der Waals surface area contributed by atoms with Crippen molar-refractivity contribution < 1.29 is 0 Å². The molecule has 1 atom stereocenters. The number of nitrogens with zero attached hydrogens (tertiary/aromatic N) is 3. The number of aromatic nitrogens is 3. The van der Waals surface area contributed by atoms with E-state index in [1.54, 1.807) is 6.33 Å². The van der Waals surface area contributed by atoms with E-state index in [0.29, 0.717) is 5.82 Å². The molecule has 1 aliphatic rings. The van der Waals surface area contributed by atoms with E-state index in [1.165, 1.54) is 23.3 Å². The standard InChI is InChI=1S/C19H23N5S/c20-19-18-17(22-13-23-19)16(8-21-18)10-24-7-6-15(9-24)12-25-11-14-4-2-1-3-5-14/h1-5,8,13,15,21H,6-7,9-12H2,(H2,20,22,23)/t15-/m1/s1. The molecule has 130 valence electrons. The second-order valence-electron chi connectivity index (χ2n) is 6.69. The van der Waals surface area contributed by atoms with Crippen molar-refractivity contribution in [3.05, 3.63) is 54.0 Å². The third-order valence-electron chi connectivity index (χ3n) is 4.80. The lowest BCUT2D eigenvalue weighted by Gasteiger charge is -2.15. The van der Waals surface area contributed by atoms with Crippen molar-refractivity contribution in [2.75, 3.05) is 24.6 Å². The summed E-state index contributed by atoms with van der Waals surface area (Å²) in [5.74, 6) is 3.64. The Kier molecular flexibility index (Phi) is 4.90. The van der Waals surface area contributed by atoms with E-state index in [4.69, 9.17) is 5.73 Å². The molecule has 0 unspecified atom stereocenters. The molecule has 3 N–H and O–H groups in total. The zero-order chi connectivity index (χ0) is 17.1. The highest BCUT2D eigenvalue weighted by atomic mass is 32.2. The first-order valence-electron chi connectivity index (χ1n) is 8.70. The highest BCUT2D eigenvalue weighted by Crippen LogP contribution is 2.26. The van der Waals surface area contributed by atoms with Crippen LogP contribution in [0.5, 0.6) is 0 Å². The number of anilines is 1. The van der Waals surface area contributed by atoms with Crippen molar-refractivity contribution in [3.8, 4) is 0 Å². The molecule has 0 radical (unpaired) electrons. The Balaban J connectivity index is 1.29. The number of nitrogens with two attached hydrogens (primary N) is 1. The number of likely N-dealkylation sites (tertiary alicyclic amines) is 1. The number of aromatic amines is 1. The molecule has 0 bridgehead atoms. The van der Waals surface area contributed by atoms with Gasteiger partial charge in [-0.3, -0.25) is 4.90 Å². The predicted octanol–water partition coefficient (Wildman–Crippen LogP) is 3.30. The van der Waals surface area contributed by atoms with Gasteiger partial charge in [0.1, 0.15) is 11.8 Å². The second-order valence-corrected chi connectivity index (χ2v) is 7.72. The summed E-state index contributed by atoms with van der Waals surface area (Å²) < 4.78 is 0. The summed E-state index contributed by atoms with van der Waals surface area (Å²) in [6, 6.07) is 10.7. The average Bonchev–Trinajstić information content (AvgIpc) is 3.25. The fraction of sp³-hybridized carbons (Fsp3) is 0.368. The van der Waals surface area contributed by atoms with Gasteiger partial charge >= 0.3 is 0 Å². The Morgan fingerprint density at radius 2 is 2.12 bits per heavy atom. The lowest BCUT2D eigenvalue weighted by Crippen LogP contribution is -2.20. The SMILES string of the molecule is Nc1ncnc2c(CN3CC[C@@H](CSCc4ccccc4)C3)c[nH]c12. The van der Waals surface area contributed by atoms with Crippen LogP contribution < -0.4 is 5.73 Å². The number of nitrogens with one attached hydrogen (secondary N) is 1. The van der Waals surface area contributed by atoms with Crippen LogP contribution in [0.25, 0.3) is 11.0 Å². The van der Waals surface area contributed by atoms with Gasteiger partial charge in [-0.1, -0.05) is 30.3 Å². The van der Waals surface area contributed by atoms with Crippen LogP contribution in [-0.2, 0) is 12.3 Å². The molecular formula is C19H23N5S. The third kappa shape index (κ3) is 3.80. The molecular weight excluding hydrogens is 330 g/mol. The minimum absolute atomic E-state index is 0.521. The van der Waals surface area contributed by atoms with E-state index in [0.717, 1.165) is 42.3 Å². The maximum absolute atomic E-state index is 5.90. The Morgan fingerprint density at radius 3 is 3.00 bits per heavy atom. The van der Waals surface area contributed by atoms with Crippen molar-refractivity contribution in [1.29, 1.82) is 0 Å². The quantitative estimate of drug-likeness (QED) is 0.711. The highest BCUT2D eigenvalue weighted by molar-refractivity contribution is 7.98. The van der Waals surface area contributed by atoms with E-state index in [2.05, 4.69) is 50.2 Å². The van der Waals surface area contributed by atoms with Gasteiger partial charge in [0.15, 0.2) is 5.82 Å². The van der Waals surface area contributed by atoms with Crippen LogP contribution >= 0.6 is 11.8 Å². The number of rotatable bonds is 6. The van der Waals surface area contributed by atoms with Gasteiger partial charge in [-0.2, -0.15) is 11.8 Å². The lowest BCUT2D eigenvalue weighted by atomic mass is 10.2. The maximum atomic E-state index is 5.90. The number of benzene rings is 1. The van der Waals surface area contributed by atoms with Gasteiger partial charge in [-0.25, -0.2) is 9.97 Å². The summed E-state index contributed by atoms with van der Waals surface area (Å²) in [7, 11) is 0. The van der Waals surface area contributed by atoms with Gasteiger partial charge in [0.25, 0.3) is 0 Å². The average molecular weight is 353 g/mol. The topological polar surface area (TPSA) is 70.8 Å². The molecule has 0 amide bonds. The third-order valence-corrected chi connectivity index (χ3v) is 6.05. The molecule has 2 aromatic heterocycles. The molecule has 1 aliphatic heterocycles. The fourth-order valence-electron chi connectivity index (χ4n) is 3.48. The molecule has 0 saturated carbocycles. The van der Waals surface area contributed by atoms with E-state index in [9.17, 15) is 0 Å². The number of H-pyrrole nitrogens is 1. The molecule has 1 saturated heterocycles. The molecule has 3 heterocycles. The van der Waals surface area contributed by atoms with Crippen LogP contribution in [0, 0.1) is 5.92 Å². The summed E-state index contributed by atoms with van der Waals surface area (Å²) in [6.07, 6.45) is 4.84. The van der Waals surface area contributed by atoms with Crippen LogP contribution in [0.1, 0.15) is 17.5 Å². The van der Waals surface area contributed by atoms with Crippen molar-refractivity contribution in [3.63, 3.8) is 0 Å². The van der Waals surface area contributed by atoms with Crippen molar-refractivity contribution in [1.82, 2.24) is 19.9 Å². The normalized spacial score (nSPS) is 18.2. The van der Waals surface area contributed by atoms with Gasteiger partial charge in [-0.05, 0) is 30.2 Å². The number of hydrogen-bond acceptors (Lipinski definition) is 5. The first-order valence-corrected chi connectivity index (χ1v) is 9.85. The monoisotopic (exact) mass is 353 g/mol. The minimum Gasteiger partial charge on any atom is -0.382 e. The maximum Gasteiger partial charge on any atom is 0.151 e. The van der Waals surface area contributed by atoms with Crippen LogP contribution in [0.3, 0.4) is 0 Å². The van der Waals surface area contributed by atoms with Crippen molar-refractivity contribution >= 4 is 28.6 Å². The molecule has 1 fully saturated rings. The zero-order valence-electron chi connectivity index (χ0n) is 14.2. The Bertz CT molecular complexity index is 832. The zero-order valence-corrected chi connectivity index (χ0v) is 15.0. The summed E-state index contributed by atoms with van der Waals surface area (Å²) in [4.78, 5) is 14.2. The van der Waals surface area contributed by atoms with E-state index >= 15 is 0 Å². The smallest absolute Gasteiger partial charge is 0.151 e. The molecule has 3 aromatic rings. The van der Waals surface area contributed by atoms with Gasteiger partial charge in [0, 0.05) is 30.6 Å². The number of fused-ring (bicyclic) bond motifs is 1. The molecule has 5 nitrogen and oxygen atoms in total.